The van der Waals surface area contributed by atoms with Crippen molar-refractivity contribution in [1.82, 2.24) is 9.62 Å². The molecule has 1 aromatic heterocycles. The lowest BCUT2D eigenvalue weighted by atomic mass is 10.0. The van der Waals surface area contributed by atoms with E-state index < -0.39 is 16.0 Å². The van der Waals surface area contributed by atoms with E-state index in [1.165, 1.54) is 18.4 Å². The fourth-order valence-electron chi connectivity index (χ4n) is 3.39. The molecule has 1 saturated carbocycles. The lowest BCUT2D eigenvalue weighted by Crippen LogP contribution is -2.30. The number of nitrogens with zero attached hydrogens (tertiary/aromatic N) is 1. The van der Waals surface area contributed by atoms with Gasteiger partial charge in [-0.3, -0.25) is 4.90 Å². The average molecular weight is 441 g/mol. The maximum absolute atomic E-state index is 12.8. The largest absolute Gasteiger partial charge is 0.465 e. The predicted octanol–water partition coefficient (Wildman–Crippen LogP) is 3.19. The minimum absolute atomic E-state index is 0.0176. The second-order valence-electron chi connectivity index (χ2n) is 7.14. The third-order valence-electron chi connectivity index (χ3n) is 4.96. The standard InChI is InChI=1S/C19H21ClN2O4S2/c1-26-18(23)17-15-8-9-22(10-12-2-4-13(20)5-3-12)11-16(15)27-19(17)28(24,25)21-14-6-7-14/h2-5,14,21H,6-11H2,1H3. The van der Waals surface area contributed by atoms with Crippen LogP contribution in [-0.4, -0.2) is 39.0 Å². The molecular weight excluding hydrogens is 420 g/mol. The van der Waals surface area contributed by atoms with Crippen LogP contribution in [0.3, 0.4) is 0 Å². The molecule has 2 aliphatic rings. The highest BCUT2D eigenvalue weighted by Crippen LogP contribution is 2.37. The summed E-state index contributed by atoms with van der Waals surface area (Å²) in [6.07, 6.45) is 2.29. The van der Waals surface area contributed by atoms with Gasteiger partial charge in [0.15, 0.2) is 0 Å². The van der Waals surface area contributed by atoms with Gasteiger partial charge in [0.2, 0.25) is 0 Å². The number of nitrogens with one attached hydrogen (secondary N) is 1. The van der Waals surface area contributed by atoms with Gasteiger partial charge in [-0.2, -0.15) is 0 Å². The van der Waals surface area contributed by atoms with Crippen LogP contribution in [0.2, 0.25) is 5.02 Å². The van der Waals surface area contributed by atoms with Crippen LogP contribution in [0.1, 0.15) is 39.2 Å². The predicted molar refractivity (Wildman–Crippen MR) is 108 cm³/mol. The highest BCUT2D eigenvalue weighted by Gasteiger charge is 2.36. The van der Waals surface area contributed by atoms with E-state index in [4.69, 9.17) is 16.3 Å². The molecule has 0 amide bonds. The van der Waals surface area contributed by atoms with E-state index in [1.807, 2.05) is 24.3 Å². The molecule has 150 valence electrons. The van der Waals surface area contributed by atoms with Crippen molar-refractivity contribution in [2.24, 2.45) is 0 Å². The first-order chi connectivity index (χ1) is 13.4. The topological polar surface area (TPSA) is 75.7 Å². The van der Waals surface area contributed by atoms with E-state index in [9.17, 15) is 13.2 Å². The summed E-state index contributed by atoms with van der Waals surface area (Å²) in [5.41, 5.74) is 2.16. The molecule has 0 bridgehead atoms. The molecule has 0 spiro atoms. The molecule has 0 saturated heterocycles. The van der Waals surface area contributed by atoms with E-state index >= 15 is 0 Å². The molecule has 1 aromatic carbocycles. The molecular formula is C19H21ClN2O4S2. The van der Waals surface area contributed by atoms with Gasteiger partial charge in [-0.25, -0.2) is 17.9 Å². The van der Waals surface area contributed by atoms with Crippen LogP contribution in [-0.2, 0) is 34.3 Å². The van der Waals surface area contributed by atoms with E-state index in [0.29, 0.717) is 18.0 Å². The van der Waals surface area contributed by atoms with Crippen LogP contribution in [0.5, 0.6) is 0 Å². The first kappa shape index (κ1) is 19.8. The number of ether oxygens (including phenoxy) is 1. The summed E-state index contributed by atoms with van der Waals surface area (Å²) in [4.78, 5) is 15.5. The first-order valence-corrected chi connectivity index (χ1v) is 11.8. The maximum atomic E-state index is 12.8. The maximum Gasteiger partial charge on any atom is 0.340 e. The molecule has 1 aliphatic heterocycles. The normalized spacial score (nSPS) is 17.4. The Morgan fingerprint density at radius 2 is 2.04 bits per heavy atom. The van der Waals surface area contributed by atoms with Crippen LogP contribution < -0.4 is 4.72 Å². The van der Waals surface area contributed by atoms with Crippen molar-refractivity contribution in [3.8, 4) is 0 Å². The van der Waals surface area contributed by atoms with Crippen molar-refractivity contribution >= 4 is 38.9 Å². The molecule has 6 nitrogen and oxygen atoms in total. The van der Waals surface area contributed by atoms with Crippen molar-refractivity contribution in [2.75, 3.05) is 13.7 Å². The van der Waals surface area contributed by atoms with Crippen molar-refractivity contribution in [3.05, 3.63) is 50.9 Å². The Labute approximate surface area is 173 Å². The molecule has 0 atom stereocenters. The van der Waals surface area contributed by atoms with Crippen molar-refractivity contribution in [2.45, 2.75) is 42.6 Å². The average Bonchev–Trinajstić information content (AvgIpc) is 3.38. The summed E-state index contributed by atoms with van der Waals surface area (Å²) < 4.78 is 33.3. The molecule has 2 heterocycles. The third-order valence-corrected chi connectivity index (χ3v) is 8.46. The number of fused-ring (bicyclic) bond motifs is 1. The second-order valence-corrected chi connectivity index (χ2v) is 10.6. The number of hydrogen-bond donors (Lipinski definition) is 1. The molecule has 9 heteroatoms. The van der Waals surface area contributed by atoms with Gasteiger partial charge in [0.1, 0.15) is 4.21 Å². The highest BCUT2D eigenvalue weighted by molar-refractivity contribution is 7.91. The van der Waals surface area contributed by atoms with Gasteiger partial charge in [0.05, 0.1) is 12.7 Å². The lowest BCUT2D eigenvalue weighted by Gasteiger charge is -2.27. The Morgan fingerprint density at radius 3 is 2.68 bits per heavy atom. The molecule has 1 fully saturated rings. The van der Waals surface area contributed by atoms with Crippen LogP contribution in [0.25, 0.3) is 0 Å². The van der Waals surface area contributed by atoms with Gasteiger partial charge >= 0.3 is 5.97 Å². The number of hydrogen-bond acceptors (Lipinski definition) is 6. The Balaban J connectivity index is 1.62. The van der Waals surface area contributed by atoms with Crippen molar-refractivity contribution in [3.63, 3.8) is 0 Å². The third kappa shape index (κ3) is 4.11. The number of methoxy groups -OCH3 is 1. The van der Waals surface area contributed by atoms with E-state index in [0.717, 1.165) is 41.9 Å². The van der Waals surface area contributed by atoms with Gasteiger partial charge in [-0.1, -0.05) is 23.7 Å². The van der Waals surface area contributed by atoms with Crippen LogP contribution in [0.15, 0.2) is 28.5 Å². The van der Waals surface area contributed by atoms with Gasteiger partial charge in [0, 0.05) is 35.6 Å². The Morgan fingerprint density at radius 1 is 1.32 bits per heavy atom. The lowest BCUT2D eigenvalue weighted by molar-refractivity contribution is 0.0595. The van der Waals surface area contributed by atoms with Gasteiger partial charge in [-0.15, -0.1) is 11.3 Å². The SMILES string of the molecule is COC(=O)c1c(S(=O)(=O)NC2CC2)sc2c1CCN(Cc1ccc(Cl)cc1)C2. The van der Waals surface area contributed by atoms with Crippen molar-refractivity contribution in [1.29, 1.82) is 0 Å². The molecule has 1 N–H and O–H groups in total. The summed E-state index contributed by atoms with van der Waals surface area (Å²) in [5.74, 6) is -0.583. The number of carbonyl (C=O) groups excluding carboxylic acids is 1. The minimum atomic E-state index is -3.72. The minimum Gasteiger partial charge on any atom is -0.465 e. The molecule has 1 aliphatic carbocycles. The first-order valence-electron chi connectivity index (χ1n) is 9.09. The fourth-order valence-corrected chi connectivity index (χ4v) is 6.76. The van der Waals surface area contributed by atoms with Gasteiger partial charge in [0.25, 0.3) is 10.0 Å². The fraction of sp³-hybridized carbons (Fsp3) is 0.421. The Hall–Kier alpha value is -1.45. The number of esters is 1. The monoisotopic (exact) mass is 440 g/mol. The zero-order valence-electron chi connectivity index (χ0n) is 15.4. The molecule has 4 rings (SSSR count). The van der Waals surface area contributed by atoms with Crippen molar-refractivity contribution < 1.29 is 17.9 Å². The smallest absolute Gasteiger partial charge is 0.340 e. The summed E-state index contributed by atoms with van der Waals surface area (Å²) >= 11 is 7.13. The van der Waals surface area contributed by atoms with Crippen LogP contribution in [0, 0.1) is 0 Å². The summed E-state index contributed by atoms with van der Waals surface area (Å²) in [6, 6.07) is 7.68. The van der Waals surface area contributed by atoms with E-state index in [2.05, 4.69) is 9.62 Å². The Bertz CT molecular complexity index is 998. The highest BCUT2D eigenvalue weighted by atomic mass is 35.5. The zero-order valence-corrected chi connectivity index (χ0v) is 17.8. The van der Waals surface area contributed by atoms with Gasteiger partial charge in [-0.05, 0) is 42.5 Å². The molecule has 0 radical (unpaired) electrons. The molecule has 0 unspecified atom stereocenters. The number of thiophene rings is 1. The van der Waals surface area contributed by atoms with Gasteiger partial charge < -0.3 is 4.74 Å². The summed E-state index contributed by atoms with van der Waals surface area (Å²) in [7, 11) is -2.44. The molecule has 28 heavy (non-hydrogen) atoms. The zero-order chi connectivity index (χ0) is 19.9. The number of carbonyl (C=O) groups is 1. The summed E-state index contributed by atoms with van der Waals surface area (Å²) in [6.45, 7) is 2.09. The number of sulfonamides is 1. The number of benzene rings is 1. The summed E-state index contributed by atoms with van der Waals surface area (Å²) in [5, 5.41) is 0.698. The van der Waals surface area contributed by atoms with E-state index in [-0.39, 0.29) is 15.8 Å². The number of rotatable bonds is 6. The molecule has 2 aromatic rings. The quantitative estimate of drug-likeness (QED) is 0.698. The number of halogens is 1. The van der Waals surface area contributed by atoms with Crippen LogP contribution in [0.4, 0.5) is 0 Å². The Kier molecular flexibility index (Phi) is 5.50. The second kappa shape index (κ2) is 7.76. The van der Waals surface area contributed by atoms with E-state index in [1.54, 1.807) is 0 Å². The van der Waals surface area contributed by atoms with Crippen LogP contribution >= 0.6 is 22.9 Å².